The van der Waals surface area contributed by atoms with Crippen LogP contribution < -0.4 is 10.1 Å². The molecule has 4 heterocycles. The number of benzene rings is 1. The Labute approximate surface area is 200 Å². The maximum atomic E-state index is 14.2. The minimum atomic E-state index is -0.645. The highest BCUT2D eigenvalue weighted by atomic mass is 19.1. The van der Waals surface area contributed by atoms with Crippen LogP contribution in [0.1, 0.15) is 30.7 Å². The van der Waals surface area contributed by atoms with Crippen molar-refractivity contribution in [2.24, 2.45) is 7.05 Å². The molecule has 5 rings (SSSR count). The van der Waals surface area contributed by atoms with Crippen LogP contribution in [-0.4, -0.2) is 42.5 Å². The lowest BCUT2D eigenvalue weighted by Crippen LogP contribution is -2.15. The van der Waals surface area contributed by atoms with Crippen LogP contribution in [0.4, 0.5) is 15.0 Å². The predicted molar refractivity (Wildman–Crippen MR) is 125 cm³/mol. The summed E-state index contributed by atoms with van der Waals surface area (Å²) in [4.78, 5) is 18.0. The Bertz CT molecular complexity index is 1410. The number of ether oxygens (including phenoxy) is 2. The standard InChI is InChI=1S/C24H24FN7O3/c1-4-32-22-14(12-27-32)9-19-21(30-31(3)29-19)18-7-6-17(25)8-16(18)13-35-20-10-15(22)11-26-23(20)28-24(33)34-5-2/h6-8,10-12H,4-5,9,13H2,1-3H3,(H,26,28,33). The fourth-order valence-electron chi connectivity index (χ4n) is 4.19. The van der Waals surface area contributed by atoms with Gasteiger partial charge < -0.3 is 9.47 Å². The molecular weight excluding hydrogens is 453 g/mol. The molecule has 180 valence electrons. The average Bonchev–Trinajstić information content (AvgIpc) is 3.40. The zero-order valence-corrected chi connectivity index (χ0v) is 19.6. The van der Waals surface area contributed by atoms with Crippen molar-refractivity contribution in [2.45, 2.75) is 33.4 Å². The minimum Gasteiger partial charge on any atom is -0.485 e. The summed E-state index contributed by atoms with van der Waals surface area (Å²) in [6, 6.07) is 6.27. The van der Waals surface area contributed by atoms with Gasteiger partial charge in [-0.25, -0.2) is 14.2 Å². The van der Waals surface area contributed by atoms with Gasteiger partial charge in [0.05, 0.1) is 24.2 Å². The average molecular weight is 478 g/mol. The summed E-state index contributed by atoms with van der Waals surface area (Å²) in [7, 11) is 1.75. The summed E-state index contributed by atoms with van der Waals surface area (Å²) >= 11 is 0. The topological polar surface area (TPSA) is 109 Å². The van der Waals surface area contributed by atoms with Crippen molar-refractivity contribution in [3.8, 4) is 28.3 Å². The highest BCUT2D eigenvalue weighted by molar-refractivity contribution is 5.86. The molecule has 0 unspecified atom stereocenters. The van der Waals surface area contributed by atoms with E-state index in [1.54, 1.807) is 38.5 Å². The Morgan fingerprint density at radius 1 is 1.20 bits per heavy atom. The molecule has 0 fully saturated rings. The van der Waals surface area contributed by atoms with Gasteiger partial charge in [-0.2, -0.15) is 20.1 Å². The quantitative estimate of drug-likeness (QED) is 0.476. The lowest BCUT2D eigenvalue weighted by molar-refractivity contribution is 0.167. The molecule has 11 heteroatoms. The molecule has 1 N–H and O–H groups in total. The monoisotopic (exact) mass is 477 g/mol. The fraction of sp³-hybridized carbons (Fsp3) is 0.292. The molecule has 2 bridgehead atoms. The van der Waals surface area contributed by atoms with E-state index in [1.807, 2.05) is 11.6 Å². The molecule has 4 aromatic rings. The van der Waals surface area contributed by atoms with Crippen LogP contribution in [0, 0.1) is 5.82 Å². The van der Waals surface area contributed by atoms with Crippen molar-refractivity contribution in [3.05, 3.63) is 59.3 Å². The number of amides is 1. The number of carbonyl (C=O) groups is 1. The first-order chi connectivity index (χ1) is 17.0. The number of nitrogens with one attached hydrogen (secondary N) is 1. The second kappa shape index (κ2) is 9.16. The van der Waals surface area contributed by atoms with Gasteiger partial charge in [0.15, 0.2) is 11.6 Å². The largest absolute Gasteiger partial charge is 0.485 e. The van der Waals surface area contributed by atoms with Crippen molar-refractivity contribution in [3.63, 3.8) is 0 Å². The summed E-state index contributed by atoms with van der Waals surface area (Å²) in [6.45, 7) is 4.59. The summed E-state index contributed by atoms with van der Waals surface area (Å²) in [5.41, 5.74) is 5.24. The second-order valence-electron chi connectivity index (χ2n) is 8.00. The van der Waals surface area contributed by atoms with Crippen LogP contribution in [-0.2, 0) is 31.4 Å². The first kappa shape index (κ1) is 22.5. The molecule has 1 aliphatic rings. The van der Waals surface area contributed by atoms with Gasteiger partial charge in [-0.05, 0) is 38.1 Å². The van der Waals surface area contributed by atoms with E-state index in [1.165, 1.54) is 16.9 Å². The molecule has 3 aromatic heterocycles. The molecule has 0 saturated heterocycles. The number of aromatic nitrogens is 6. The van der Waals surface area contributed by atoms with E-state index in [-0.39, 0.29) is 19.0 Å². The van der Waals surface area contributed by atoms with Crippen LogP contribution in [0.15, 0.2) is 36.7 Å². The Morgan fingerprint density at radius 3 is 2.86 bits per heavy atom. The number of fused-ring (bicyclic) bond motifs is 7. The van der Waals surface area contributed by atoms with Crippen molar-refractivity contribution < 1.29 is 18.7 Å². The second-order valence-corrected chi connectivity index (χ2v) is 8.00. The number of anilines is 1. The Balaban J connectivity index is 1.70. The zero-order chi connectivity index (χ0) is 24.5. The molecule has 0 saturated carbocycles. The first-order valence-electron chi connectivity index (χ1n) is 11.3. The van der Waals surface area contributed by atoms with E-state index in [2.05, 4.69) is 25.6 Å². The van der Waals surface area contributed by atoms with Gasteiger partial charge in [0.25, 0.3) is 0 Å². The normalized spacial score (nSPS) is 12.3. The Morgan fingerprint density at radius 2 is 2.06 bits per heavy atom. The number of rotatable bonds is 3. The Hall–Kier alpha value is -4.28. The smallest absolute Gasteiger partial charge is 0.412 e. The first-order valence-corrected chi connectivity index (χ1v) is 11.3. The van der Waals surface area contributed by atoms with Crippen LogP contribution in [0.2, 0.25) is 0 Å². The molecule has 0 radical (unpaired) electrons. The molecule has 10 nitrogen and oxygen atoms in total. The van der Waals surface area contributed by atoms with Gasteiger partial charge in [0.1, 0.15) is 18.1 Å². The minimum absolute atomic E-state index is 0.0195. The van der Waals surface area contributed by atoms with Gasteiger partial charge in [0, 0.05) is 48.5 Å². The third-order valence-corrected chi connectivity index (χ3v) is 5.68. The maximum absolute atomic E-state index is 14.2. The highest BCUT2D eigenvalue weighted by Crippen LogP contribution is 2.35. The van der Waals surface area contributed by atoms with Crippen LogP contribution in [0.3, 0.4) is 0 Å². The number of aryl methyl sites for hydroxylation is 2. The number of hydrogen-bond donors (Lipinski definition) is 1. The SMILES string of the molecule is CCOC(=O)Nc1ncc2cc1OCc1cc(F)ccc1-c1nn(C)nc1Cc1cnn(CC)c1-2. The molecule has 0 atom stereocenters. The zero-order valence-electron chi connectivity index (χ0n) is 19.6. The van der Waals surface area contributed by atoms with E-state index >= 15 is 0 Å². The van der Waals surface area contributed by atoms with Gasteiger partial charge in [0.2, 0.25) is 0 Å². The number of nitrogens with zero attached hydrogens (tertiary/aromatic N) is 6. The lowest BCUT2D eigenvalue weighted by atomic mass is 9.99. The lowest BCUT2D eigenvalue weighted by Gasteiger charge is -2.17. The summed E-state index contributed by atoms with van der Waals surface area (Å²) in [5.74, 6) is 0.125. The summed E-state index contributed by atoms with van der Waals surface area (Å²) in [6.07, 6.45) is 3.28. The van der Waals surface area contributed by atoms with Crippen LogP contribution in [0.5, 0.6) is 5.75 Å². The third-order valence-electron chi connectivity index (χ3n) is 5.68. The van der Waals surface area contributed by atoms with Gasteiger partial charge in [-0.3, -0.25) is 10.00 Å². The molecule has 35 heavy (non-hydrogen) atoms. The third kappa shape index (κ3) is 4.32. The van der Waals surface area contributed by atoms with E-state index < -0.39 is 11.9 Å². The van der Waals surface area contributed by atoms with Crippen LogP contribution in [0.25, 0.3) is 22.5 Å². The number of halogens is 1. The predicted octanol–water partition coefficient (Wildman–Crippen LogP) is 3.95. The number of pyridine rings is 1. The van der Waals surface area contributed by atoms with Gasteiger partial charge in [-0.1, -0.05) is 0 Å². The maximum Gasteiger partial charge on any atom is 0.412 e. The van der Waals surface area contributed by atoms with Crippen molar-refractivity contribution in [1.82, 2.24) is 29.8 Å². The van der Waals surface area contributed by atoms with Gasteiger partial charge in [-0.15, -0.1) is 0 Å². The van der Waals surface area contributed by atoms with E-state index in [0.29, 0.717) is 35.5 Å². The van der Waals surface area contributed by atoms with Gasteiger partial charge >= 0.3 is 6.09 Å². The molecular formula is C24H24FN7O3. The Kier molecular flexibility index (Phi) is 5.89. The summed E-state index contributed by atoms with van der Waals surface area (Å²) < 4.78 is 27.2. The molecule has 0 aliphatic carbocycles. The molecule has 1 aromatic carbocycles. The van der Waals surface area contributed by atoms with Crippen molar-refractivity contribution in [2.75, 3.05) is 11.9 Å². The molecule has 1 aliphatic heterocycles. The van der Waals surface area contributed by atoms with Crippen molar-refractivity contribution >= 4 is 11.9 Å². The van der Waals surface area contributed by atoms with Crippen molar-refractivity contribution in [1.29, 1.82) is 0 Å². The number of carbonyl (C=O) groups excluding carboxylic acids is 1. The van der Waals surface area contributed by atoms with E-state index in [4.69, 9.17) is 9.47 Å². The molecule has 1 amide bonds. The van der Waals surface area contributed by atoms with E-state index in [9.17, 15) is 9.18 Å². The number of hydrogen-bond acceptors (Lipinski definition) is 7. The molecule has 0 spiro atoms. The van der Waals surface area contributed by atoms with E-state index in [0.717, 1.165) is 22.5 Å². The van der Waals surface area contributed by atoms with Crippen LogP contribution >= 0.6 is 0 Å². The highest BCUT2D eigenvalue weighted by Gasteiger charge is 2.23. The fourth-order valence-corrected chi connectivity index (χ4v) is 4.19. The summed E-state index contributed by atoms with van der Waals surface area (Å²) in [5, 5.41) is 16.3.